The van der Waals surface area contributed by atoms with E-state index in [0.717, 1.165) is 12.8 Å². The van der Waals surface area contributed by atoms with Crippen LogP contribution in [-0.2, 0) is 6.42 Å². The summed E-state index contributed by atoms with van der Waals surface area (Å²) in [6.07, 6.45) is 3.80. The molecule has 3 unspecified atom stereocenters. The Hall–Kier alpha value is -0.440. The Balaban J connectivity index is 2.15. The molecule has 3 heteroatoms. The molecule has 0 amide bonds. The molecule has 0 aliphatic heterocycles. The monoisotopic (exact) mass is 344 g/mol. The van der Waals surface area contributed by atoms with Gasteiger partial charge in [0.1, 0.15) is 11.6 Å². The van der Waals surface area contributed by atoms with Crippen LogP contribution in [0.25, 0.3) is 0 Å². The van der Waals surface area contributed by atoms with Crippen LogP contribution in [0.4, 0.5) is 8.78 Å². The van der Waals surface area contributed by atoms with Crippen molar-refractivity contribution in [1.82, 2.24) is 0 Å². The van der Waals surface area contributed by atoms with E-state index >= 15 is 0 Å². The molecule has 0 saturated heterocycles. The summed E-state index contributed by atoms with van der Waals surface area (Å²) in [4.78, 5) is 0.361. The minimum Gasteiger partial charge on any atom is -0.207 e. The van der Waals surface area contributed by atoms with Crippen LogP contribution in [0.15, 0.2) is 18.2 Å². The minimum atomic E-state index is -0.414. The van der Waals surface area contributed by atoms with E-state index in [2.05, 4.69) is 36.7 Å². The third kappa shape index (κ3) is 3.60. The van der Waals surface area contributed by atoms with Gasteiger partial charge in [-0.2, -0.15) is 0 Å². The van der Waals surface area contributed by atoms with E-state index in [1.54, 1.807) is 0 Å². The highest BCUT2D eigenvalue weighted by Crippen LogP contribution is 2.43. The van der Waals surface area contributed by atoms with Gasteiger partial charge in [0.25, 0.3) is 0 Å². The van der Waals surface area contributed by atoms with E-state index in [-0.39, 0.29) is 11.0 Å². The molecule has 2 rings (SSSR count). The summed E-state index contributed by atoms with van der Waals surface area (Å²) in [5, 5.41) is 0. The Morgan fingerprint density at radius 2 is 1.75 bits per heavy atom. The topological polar surface area (TPSA) is 0 Å². The third-order valence-corrected chi connectivity index (χ3v) is 5.85. The Bertz CT molecular complexity index is 444. The van der Waals surface area contributed by atoms with Crippen LogP contribution in [0.1, 0.15) is 45.6 Å². The van der Waals surface area contributed by atoms with E-state index in [0.29, 0.717) is 23.1 Å². The normalized spacial score (nSPS) is 27.6. The fraction of sp³-hybridized carbons (Fsp3) is 0.647. The average Bonchev–Trinajstić information content (AvgIpc) is 2.34. The molecule has 1 aromatic carbocycles. The summed E-state index contributed by atoms with van der Waals surface area (Å²) in [6.45, 7) is 6.77. The molecule has 0 heterocycles. The lowest BCUT2D eigenvalue weighted by Gasteiger charge is -2.40. The molecular weight excluding hydrogens is 322 g/mol. The summed E-state index contributed by atoms with van der Waals surface area (Å²) in [7, 11) is 0. The first-order chi connectivity index (χ1) is 9.29. The van der Waals surface area contributed by atoms with Crippen LogP contribution >= 0.6 is 15.9 Å². The van der Waals surface area contributed by atoms with E-state index in [4.69, 9.17) is 0 Å². The summed E-state index contributed by atoms with van der Waals surface area (Å²) in [5.41, 5.74) is 0.510. The summed E-state index contributed by atoms with van der Waals surface area (Å²) < 4.78 is 27.6. The number of rotatable bonds is 2. The lowest BCUT2D eigenvalue weighted by molar-refractivity contribution is 0.146. The largest absolute Gasteiger partial charge is 0.207 e. The smallest absolute Gasteiger partial charge is 0.129 e. The van der Waals surface area contributed by atoms with Crippen LogP contribution in [0.5, 0.6) is 0 Å². The van der Waals surface area contributed by atoms with Gasteiger partial charge in [0.2, 0.25) is 0 Å². The summed E-state index contributed by atoms with van der Waals surface area (Å²) in [5.74, 6) is 0.0978. The maximum atomic E-state index is 13.8. The number of benzene rings is 1. The van der Waals surface area contributed by atoms with Crippen molar-refractivity contribution >= 4 is 15.9 Å². The molecule has 1 aliphatic carbocycles. The van der Waals surface area contributed by atoms with Gasteiger partial charge in [-0.25, -0.2) is 8.78 Å². The second-order valence-electron chi connectivity index (χ2n) is 7.06. The Labute approximate surface area is 129 Å². The van der Waals surface area contributed by atoms with E-state index in [9.17, 15) is 8.78 Å². The van der Waals surface area contributed by atoms with Crippen LogP contribution in [-0.4, -0.2) is 4.83 Å². The lowest BCUT2D eigenvalue weighted by atomic mass is 9.68. The van der Waals surface area contributed by atoms with Crippen molar-refractivity contribution in [2.75, 3.05) is 0 Å². The van der Waals surface area contributed by atoms with Gasteiger partial charge in [-0.3, -0.25) is 0 Å². The number of hydrogen-bond donors (Lipinski definition) is 0. The molecule has 0 aromatic heterocycles. The predicted octanol–water partition coefficient (Wildman–Crippen LogP) is 5.73. The van der Waals surface area contributed by atoms with Crippen molar-refractivity contribution < 1.29 is 8.78 Å². The molecule has 1 fully saturated rings. The molecule has 20 heavy (non-hydrogen) atoms. The molecule has 1 saturated carbocycles. The summed E-state index contributed by atoms with van der Waals surface area (Å²) in [6, 6.07) is 4.13. The zero-order chi connectivity index (χ0) is 14.9. The van der Waals surface area contributed by atoms with Gasteiger partial charge < -0.3 is 0 Å². The molecule has 112 valence electrons. The molecule has 0 N–H and O–H groups in total. The first kappa shape index (κ1) is 15.9. The molecule has 3 atom stereocenters. The standard InChI is InChI=1S/C17H23BrF2/c1-17(2,3)12-7-8-14(18)11(9-12)10-13-15(19)5-4-6-16(13)20/h4-6,11-12,14H,7-10H2,1-3H3. The van der Waals surface area contributed by atoms with Gasteiger partial charge in [0.05, 0.1) is 0 Å². The van der Waals surface area contributed by atoms with E-state index in [1.807, 2.05) is 0 Å². The van der Waals surface area contributed by atoms with Gasteiger partial charge in [-0.1, -0.05) is 42.8 Å². The fourth-order valence-corrected chi connectivity index (χ4v) is 3.88. The van der Waals surface area contributed by atoms with Gasteiger partial charge in [0, 0.05) is 10.4 Å². The van der Waals surface area contributed by atoms with Crippen molar-refractivity contribution in [3.63, 3.8) is 0 Å². The van der Waals surface area contributed by atoms with Gasteiger partial charge >= 0.3 is 0 Å². The van der Waals surface area contributed by atoms with E-state index in [1.165, 1.54) is 24.6 Å². The van der Waals surface area contributed by atoms with Crippen LogP contribution < -0.4 is 0 Å². The lowest BCUT2D eigenvalue weighted by Crippen LogP contribution is -2.33. The molecule has 0 spiro atoms. The van der Waals surface area contributed by atoms with Crippen molar-refractivity contribution in [3.8, 4) is 0 Å². The molecule has 1 aromatic rings. The zero-order valence-corrected chi connectivity index (χ0v) is 14.0. The number of hydrogen-bond acceptors (Lipinski definition) is 0. The van der Waals surface area contributed by atoms with Gasteiger partial charge in [0.15, 0.2) is 0 Å². The molecule has 0 nitrogen and oxygen atoms in total. The van der Waals surface area contributed by atoms with Gasteiger partial charge in [-0.05, 0) is 55.1 Å². The highest BCUT2D eigenvalue weighted by Gasteiger charge is 2.35. The molecule has 1 aliphatic rings. The van der Waals surface area contributed by atoms with Crippen molar-refractivity contribution in [1.29, 1.82) is 0 Å². The Morgan fingerprint density at radius 1 is 1.15 bits per heavy atom. The first-order valence-electron chi connectivity index (χ1n) is 7.36. The average molecular weight is 345 g/mol. The SMILES string of the molecule is CC(C)(C)C1CCC(Br)C(Cc2c(F)cccc2F)C1. The molecule has 0 bridgehead atoms. The second kappa shape index (κ2) is 6.13. The second-order valence-corrected chi connectivity index (χ2v) is 8.23. The van der Waals surface area contributed by atoms with Gasteiger partial charge in [-0.15, -0.1) is 0 Å². The van der Waals surface area contributed by atoms with E-state index < -0.39 is 11.6 Å². The first-order valence-corrected chi connectivity index (χ1v) is 8.27. The van der Waals surface area contributed by atoms with Crippen LogP contribution in [0, 0.1) is 28.9 Å². The minimum absolute atomic E-state index is 0.247. The Kier molecular flexibility index (Phi) is 4.88. The third-order valence-electron chi connectivity index (χ3n) is 4.64. The number of alkyl halides is 1. The Morgan fingerprint density at radius 3 is 2.30 bits per heavy atom. The highest BCUT2D eigenvalue weighted by atomic mass is 79.9. The number of halogens is 3. The van der Waals surface area contributed by atoms with Crippen molar-refractivity contribution in [2.45, 2.75) is 51.3 Å². The van der Waals surface area contributed by atoms with Crippen molar-refractivity contribution in [3.05, 3.63) is 35.4 Å². The van der Waals surface area contributed by atoms with Crippen LogP contribution in [0.2, 0.25) is 0 Å². The quantitative estimate of drug-likeness (QED) is 0.600. The maximum absolute atomic E-state index is 13.8. The van der Waals surface area contributed by atoms with Crippen LogP contribution in [0.3, 0.4) is 0 Å². The van der Waals surface area contributed by atoms with Crippen molar-refractivity contribution in [2.24, 2.45) is 17.3 Å². The predicted molar refractivity (Wildman–Crippen MR) is 83.1 cm³/mol. The fourth-order valence-electron chi connectivity index (χ4n) is 3.21. The maximum Gasteiger partial charge on any atom is 0.129 e. The highest BCUT2D eigenvalue weighted by molar-refractivity contribution is 9.09. The molecule has 0 radical (unpaired) electrons. The molecular formula is C17H23BrF2. The zero-order valence-electron chi connectivity index (χ0n) is 12.4. The summed E-state index contributed by atoms with van der Waals surface area (Å²) >= 11 is 3.71.